The number of hydrogen-bond acceptors (Lipinski definition) is 5. The molecule has 254 valence electrons. The molecule has 0 saturated carbocycles. The Morgan fingerprint density at radius 1 is 0.812 bits per heavy atom. The maximum absolute atomic E-state index is 13.7. The zero-order valence-electron chi connectivity index (χ0n) is 28.2. The third-order valence-electron chi connectivity index (χ3n) is 8.52. The van der Waals surface area contributed by atoms with Crippen molar-refractivity contribution in [1.82, 2.24) is 4.90 Å². The average molecular weight is 659 g/mol. The second-order valence-electron chi connectivity index (χ2n) is 12.2. The fourth-order valence-corrected chi connectivity index (χ4v) is 6.17. The van der Waals surface area contributed by atoms with Gasteiger partial charge in [-0.25, -0.2) is 0 Å². The fraction of sp³-hybridized carbons (Fsp3) is 0.359. The zero-order chi connectivity index (χ0) is 34.3. The number of benzene rings is 4. The molecule has 1 fully saturated rings. The molecule has 0 spiro atoms. The first-order chi connectivity index (χ1) is 23.1. The molecule has 0 aromatic heterocycles. The highest BCUT2D eigenvalue weighted by atomic mass is 19.4. The van der Waals surface area contributed by atoms with E-state index >= 15 is 0 Å². The lowest BCUT2D eigenvalue weighted by atomic mass is 10.1. The molecule has 4 aromatic rings. The minimum Gasteiger partial charge on any atom is -0.489 e. The number of alkyl halides is 3. The largest absolute Gasteiger partial charge is 0.489 e. The molecule has 6 rings (SSSR count). The molecule has 2 heterocycles. The average Bonchev–Trinajstić information content (AvgIpc) is 3.52. The summed E-state index contributed by atoms with van der Waals surface area (Å²) in [4.78, 5) is 20.3. The van der Waals surface area contributed by atoms with Crippen LogP contribution in [0.3, 0.4) is 0 Å². The van der Waals surface area contributed by atoms with Crippen molar-refractivity contribution in [2.24, 2.45) is 0 Å². The van der Waals surface area contributed by atoms with E-state index in [0.717, 1.165) is 90.8 Å². The van der Waals surface area contributed by atoms with Crippen LogP contribution in [0.25, 0.3) is 0 Å². The number of amides is 1. The van der Waals surface area contributed by atoms with Gasteiger partial charge in [-0.2, -0.15) is 13.2 Å². The van der Waals surface area contributed by atoms with Crippen LogP contribution in [0.4, 0.5) is 30.2 Å². The predicted molar refractivity (Wildman–Crippen MR) is 188 cm³/mol. The first kappa shape index (κ1) is 34.8. The van der Waals surface area contributed by atoms with Gasteiger partial charge < -0.3 is 19.9 Å². The summed E-state index contributed by atoms with van der Waals surface area (Å²) < 4.78 is 44.6. The van der Waals surface area contributed by atoms with Crippen molar-refractivity contribution in [2.45, 2.75) is 59.5 Å². The first-order valence-corrected chi connectivity index (χ1v) is 16.8. The van der Waals surface area contributed by atoms with Gasteiger partial charge in [0.15, 0.2) is 0 Å². The Morgan fingerprint density at radius 2 is 1.54 bits per heavy atom. The predicted octanol–water partition coefficient (Wildman–Crippen LogP) is 8.66. The van der Waals surface area contributed by atoms with Crippen molar-refractivity contribution in [1.29, 1.82) is 0 Å². The molecule has 48 heavy (non-hydrogen) atoms. The number of nitrogens with one attached hydrogen (secondary N) is 1. The Hall–Kier alpha value is -4.50. The van der Waals surface area contributed by atoms with Gasteiger partial charge in [0.2, 0.25) is 0 Å². The minimum absolute atomic E-state index is 0.0161. The van der Waals surface area contributed by atoms with E-state index in [0.29, 0.717) is 18.7 Å². The first-order valence-electron chi connectivity index (χ1n) is 16.8. The van der Waals surface area contributed by atoms with Gasteiger partial charge in [-0.1, -0.05) is 50.2 Å². The number of ether oxygens (including phenoxy) is 1. The van der Waals surface area contributed by atoms with Gasteiger partial charge in [0, 0.05) is 62.8 Å². The van der Waals surface area contributed by atoms with Crippen LogP contribution < -0.4 is 19.9 Å². The van der Waals surface area contributed by atoms with Crippen LogP contribution in [0.2, 0.25) is 0 Å². The molecule has 1 amide bonds. The van der Waals surface area contributed by atoms with Crippen LogP contribution in [0.1, 0.15) is 60.3 Å². The summed E-state index contributed by atoms with van der Waals surface area (Å²) in [6.45, 7) is 13.5. The highest BCUT2D eigenvalue weighted by Gasteiger charge is 2.30. The second-order valence-corrected chi connectivity index (χ2v) is 12.2. The molecule has 0 unspecified atom stereocenters. The van der Waals surface area contributed by atoms with Crippen molar-refractivity contribution < 1.29 is 22.7 Å². The van der Waals surface area contributed by atoms with E-state index in [4.69, 9.17) is 4.74 Å². The lowest BCUT2D eigenvalue weighted by molar-refractivity contribution is -0.137. The monoisotopic (exact) mass is 658 g/mol. The maximum Gasteiger partial charge on any atom is 0.416 e. The molecule has 1 N–H and O–H groups in total. The Labute approximate surface area is 282 Å². The summed E-state index contributed by atoms with van der Waals surface area (Å²) >= 11 is 0. The van der Waals surface area contributed by atoms with Gasteiger partial charge in [0.05, 0.1) is 17.4 Å². The van der Waals surface area contributed by atoms with E-state index < -0.39 is 11.7 Å². The quantitative estimate of drug-likeness (QED) is 0.195. The number of halogens is 3. The highest BCUT2D eigenvalue weighted by molar-refractivity contribution is 6.07. The Kier molecular flexibility index (Phi) is 11.3. The van der Waals surface area contributed by atoms with E-state index in [1.807, 2.05) is 81.1 Å². The van der Waals surface area contributed by atoms with E-state index in [-0.39, 0.29) is 12.0 Å². The topological polar surface area (TPSA) is 48.1 Å². The van der Waals surface area contributed by atoms with Crippen molar-refractivity contribution in [3.05, 3.63) is 119 Å². The molecule has 0 bridgehead atoms. The van der Waals surface area contributed by atoms with E-state index in [1.54, 1.807) is 0 Å². The van der Waals surface area contributed by atoms with Gasteiger partial charge >= 0.3 is 6.18 Å². The normalized spacial score (nSPS) is 14.8. The van der Waals surface area contributed by atoms with Crippen molar-refractivity contribution in [3.63, 3.8) is 0 Å². The lowest BCUT2D eigenvalue weighted by Gasteiger charge is -2.37. The van der Waals surface area contributed by atoms with Crippen LogP contribution in [0.15, 0.2) is 91.0 Å². The van der Waals surface area contributed by atoms with Gasteiger partial charge in [-0.05, 0) is 91.6 Å². The summed E-state index contributed by atoms with van der Waals surface area (Å²) in [7, 11) is 0. The molecule has 2 aliphatic rings. The summed E-state index contributed by atoms with van der Waals surface area (Å²) in [5.74, 6) is 0.906. The molecule has 6 nitrogen and oxygen atoms in total. The second kappa shape index (κ2) is 15.6. The number of anilines is 3. The molecular weight excluding hydrogens is 613 g/mol. The summed E-state index contributed by atoms with van der Waals surface area (Å²) in [6.07, 6.45) is -3.48. The number of carbonyl (C=O) groups is 1. The molecule has 1 saturated heterocycles. The molecule has 9 heteroatoms. The highest BCUT2D eigenvalue weighted by Crippen LogP contribution is 2.33. The Morgan fingerprint density at radius 3 is 2.25 bits per heavy atom. The van der Waals surface area contributed by atoms with Gasteiger partial charge in [0.1, 0.15) is 5.75 Å². The number of para-hydroxylation sites is 2. The van der Waals surface area contributed by atoms with Crippen LogP contribution in [-0.2, 0) is 25.7 Å². The van der Waals surface area contributed by atoms with Crippen molar-refractivity contribution in [3.8, 4) is 5.75 Å². The van der Waals surface area contributed by atoms with E-state index in [9.17, 15) is 18.0 Å². The van der Waals surface area contributed by atoms with Gasteiger partial charge in [-0.15, -0.1) is 0 Å². The molecule has 0 aliphatic carbocycles. The Balaban J connectivity index is 0.00000221. The number of nitrogens with zero attached hydrogens (tertiary/aromatic N) is 3. The molecular formula is C39H45F3N4O2. The summed E-state index contributed by atoms with van der Waals surface area (Å²) in [5.41, 5.74) is 5.86. The smallest absolute Gasteiger partial charge is 0.416 e. The lowest BCUT2D eigenvalue weighted by Crippen LogP contribution is -2.46. The standard InChI is InChI=1S/C37H39F3N4O2.C2H6/c1-26(2)46-35-9-4-3-8-34(35)43-20-18-42(19-21-43)25-28-6-5-7-30(22-28)36(45)44-17-16-29-23-32(14-15-33(29)44)41-24-27-10-12-31(13-11-27)37(38,39)40;1-2/h3-15,22-23,26,41H,16-21,24-25H2,1-2H3;1-2H3. The Bertz CT molecular complexity index is 1660. The SMILES string of the molecule is CC.CC(C)Oc1ccccc1N1CCN(Cc2cccc(C(=O)N3CCc4cc(NCc5ccc(C(F)(F)F)cc5)ccc43)c2)CC1. The molecule has 2 aliphatic heterocycles. The minimum atomic E-state index is -4.34. The van der Waals surface area contributed by atoms with Gasteiger partial charge in [0.25, 0.3) is 5.91 Å². The summed E-state index contributed by atoms with van der Waals surface area (Å²) in [6, 6.07) is 27.2. The zero-order valence-corrected chi connectivity index (χ0v) is 28.2. The van der Waals surface area contributed by atoms with E-state index in [1.165, 1.54) is 12.1 Å². The van der Waals surface area contributed by atoms with Crippen LogP contribution in [-0.4, -0.2) is 49.6 Å². The third-order valence-corrected chi connectivity index (χ3v) is 8.52. The van der Waals surface area contributed by atoms with Crippen LogP contribution in [0, 0.1) is 0 Å². The number of carbonyl (C=O) groups excluding carboxylic acids is 1. The van der Waals surface area contributed by atoms with Crippen LogP contribution in [0.5, 0.6) is 5.75 Å². The maximum atomic E-state index is 13.7. The number of piperazine rings is 1. The number of fused-ring (bicyclic) bond motifs is 1. The summed E-state index contributed by atoms with van der Waals surface area (Å²) in [5, 5.41) is 3.29. The van der Waals surface area contributed by atoms with Crippen molar-refractivity contribution in [2.75, 3.05) is 47.8 Å². The fourth-order valence-electron chi connectivity index (χ4n) is 6.17. The van der Waals surface area contributed by atoms with E-state index in [2.05, 4.69) is 33.3 Å². The number of hydrogen-bond donors (Lipinski definition) is 1. The third kappa shape index (κ3) is 8.50. The molecule has 0 radical (unpaired) electrons. The van der Waals surface area contributed by atoms with Gasteiger partial charge in [-0.3, -0.25) is 9.69 Å². The number of rotatable bonds is 9. The van der Waals surface area contributed by atoms with Crippen molar-refractivity contribution >= 4 is 23.0 Å². The molecule has 0 atom stereocenters. The molecule has 4 aromatic carbocycles. The van der Waals surface area contributed by atoms with Crippen LogP contribution >= 0.6 is 0 Å².